The van der Waals surface area contributed by atoms with Crippen LogP contribution in [0.1, 0.15) is 5.56 Å². The summed E-state index contributed by atoms with van der Waals surface area (Å²) in [5, 5.41) is 2.68. The SMILES string of the molecule is Cc1ccc(NC(=O)CN(C)C(=O)COC(=O)CSc2ccccc2F)cc1. The Balaban J connectivity index is 1.71. The van der Waals surface area contributed by atoms with Gasteiger partial charge in [-0.15, -0.1) is 11.8 Å². The number of thioether (sulfide) groups is 1. The van der Waals surface area contributed by atoms with E-state index in [9.17, 15) is 18.8 Å². The molecule has 0 radical (unpaired) electrons. The predicted molar refractivity (Wildman–Crippen MR) is 106 cm³/mol. The van der Waals surface area contributed by atoms with Gasteiger partial charge in [-0.2, -0.15) is 0 Å². The molecule has 0 spiro atoms. The summed E-state index contributed by atoms with van der Waals surface area (Å²) < 4.78 is 18.4. The van der Waals surface area contributed by atoms with Gasteiger partial charge in [0, 0.05) is 17.6 Å². The summed E-state index contributed by atoms with van der Waals surface area (Å²) in [6.45, 7) is 1.29. The number of rotatable bonds is 8. The zero-order chi connectivity index (χ0) is 20.5. The minimum absolute atomic E-state index is 0.119. The van der Waals surface area contributed by atoms with Gasteiger partial charge in [0.1, 0.15) is 5.82 Å². The van der Waals surface area contributed by atoms with Gasteiger partial charge >= 0.3 is 5.97 Å². The molecule has 0 aliphatic heterocycles. The molecule has 2 aromatic carbocycles. The van der Waals surface area contributed by atoms with Crippen molar-refractivity contribution in [3.8, 4) is 0 Å². The van der Waals surface area contributed by atoms with E-state index in [-0.39, 0.29) is 18.2 Å². The van der Waals surface area contributed by atoms with Crippen molar-refractivity contribution in [2.45, 2.75) is 11.8 Å². The number of anilines is 1. The molecule has 6 nitrogen and oxygen atoms in total. The maximum atomic E-state index is 13.5. The number of esters is 1. The second-order valence-electron chi connectivity index (χ2n) is 6.04. The third-order valence-corrected chi connectivity index (χ3v) is 4.70. The van der Waals surface area contributed by atoms with Crippen molar-refractivity contribution in [3.63, 3.8) is 0 Å². The minimum atomic E-state index is -0.640. The Morgan fingerprint density at radius 2 is 1.79 bits per heavy atom. The van der Waals surface area contributed by atoms with Crippen LogP contribution in [0.2, 0.25) is 0 Å². The molecule has 8 heteroatoms. The van der Waals surface area contributed by atoms with E-state index in [1.54, 1.807) is 30.3 Å². The molecular formula is C20H21FN2O4S. The number of halogens is 1. The first-order valence-electron chi connectivity index (χ1n) is 8.48. The molecule has 0 aliphatic rings. The lowest BCUT2D eigenvalue weighted by molar-refractivity contribution is -0.149. The van der Waals surface area contributed by atoms with Crippen molar-refractivity contribution >= 4 is 35.2 Å². The molecule has 148 valence electrons. The van der Waals surface area contributed by atoms with Crippen molar-refractivity contribution in [1.29, 1.82) is 0 Å². The Morgan fingerprint density at radius 3 is 2.46 bits per heavy atom. The Kier molecular flexibility index (Phi) is 8.01. The molecule has 0 saturated heterocycles. The lowest BCUT2D eigenvalue weighted by Gasteiger charge is -2.16. The van der Waals surface area contributed by atoms with Crippen LogP contribution >= 0.6 is 11.8 Å². The first kappa shape index (κ1) is 21.4. The predicted octanol–water partition coefficient (Wildman–Crippen LogP) is 2.87. The average molecular weight is 404 g/mol. The number of benzene rings is 2. The zero-order valence-electron chi connectivity index (χ0n) is 15.6. The van der Waals surface area contributed by atoms with Gasteiger partial charge in [0.25, 0.3) is 5.91 Å². The summed E-state index contributed by atoms with van der Waals surface area (Å²) in [5.41, 5.74) is 1.70. The van der Waals surface area contributed by atoms with Gasteiger partial charge in [0.2, 0.25) is 5.91 Å². The summed E-state index contributed by atoms with van der Waals surface area (Å²) in [6.07, 6.45) is 0. The molecule has 2 aromatic rings. The summed E-state index contributed by atoms with van der Waals surface area (Å²) in [6, 6.07) is 13.3. The highest BCUT2D eigenvalue weighted by molar-refractivity contribution is 8.00. The second kappa shape index (κ2) is 10.5. The van der Waals surface area contributed by atoms with E-state index in [1.807, 2.05) is 19.1 Å². The van der Waals surface area contributed by atoms with E-state index in [2.05, 4.69) is 5.32 Å². The van der Waals surface area contributed by atoms with Crippen LogP contribution in [0.25, 0.3) is 0 Å². The second-order valence-corrected chi connectivity index (χ2v) is 7.06. The number of carbonyl (C=O) groups excluding carboxylic acids is 3. The van der Waals surface area contributed by atoms with E-state index in [4.69, 9.17) is 4.74 Å². The highest BCUT2D eigenvalue weighted by Crippen LogP contribution is 2.21. The number of amides is 2. The van der Waals surface area contributed by atoms with E-state index in [1.165, 1.54) is 18.0 Å². The van der Waals surface area contributed by atoms with Crippen LogP contribution in [0.15, 0.2) is 53.4 Å². The largest absolute Gasteiger partial charge is 0.455 e. The van der Waals surface area contributed by atoms with Crippen LogP contribution in [-0.4, -0.2) is 48.6 Å². The normalized spacial score (nSPS) is 10.2. The number of hydrogen-bond acceptors (Lipinski definition) is 5. The molecule has 2 rings (SSSR count). The summed E-state index contributed by atoms with van der Waals surface area (Å²) >= 11 is 0.989. The Labute approximate surface area is 167 Å². The third-order valence-electron chi connectivity index (χ3n) is 3.68. The number of nitrogens with zero attached hydrogens (tertiary/aromatic N) is 1. The highest BCUT2D eigenvalue weighted by atomic mass is 32.2. The molecule has 0 aliphatic carbocycles. The number of hydrogen-bond donors (Lipinski definition) is 1. The van der Waals surface area contributed by atoms with Crippen molar-refractivity contribution in [3.05, 3.63) is 59.9 Å². The molecule has 0 saturated carbocycles. The fourth-order valence-corrected chi connectivity index (χ4v) is 2.87. The standard InChI is InChI=1S/C20H21FN2O4S/c1-14-7-9-15(10-8-14)22-18(24)11-23(2)19(25)12-27-20(26)13-28-17-6-4-3-5-16(17)21/h3-10H,11-13H2,1-2H3,(H,22,24). The molecular weight excluding hydrogens is 383 g/mol. The van der Waals surface area contributed by atoms with E-state index in [0.717, 1.165) is 17.3 Å². The maximum absolute atomic E-state index is 13.5. The molecule has 0 aromatic heterocycles. The van der Waals surface area contributed by atoms with E-state index < -0.39 is 24.3 Å². The van der Waals surface area contributed by atoms with Crippen molar-refractivity contribution < 1.29 is 23.5 Å². The van der Waals surface area contributed by atoms with Crippen LogP contribution in [0.4, 0.5) is 10.1 Å². The van der Waals surface area contributed by atoms with Crippen molar-refractivity contribution in [2.24, 2.45) is 0 Å². The molecule has 0 heterocycles. The van der Waals surface area contributed by atoms with Crippen molar-refractivity contribution in [2.75, 3.05) is 31.3 Å². The Morgan fingerprint density at radius 1 is 1.11 bits per heavy atom. The molecule has 28 heavy (non-hydrogen) atoms. The van der Waals surface area contributed by atoms with Gasteiger partial charge in [0.15, 0.2) is 6.61 Å². The lowest BCUT2D eigenvalue weighted by Crippen LogP contribution is -2.37. The molecule has 0 unspecified atom stereocenters. The fraction of sp³-hybridized carbons (Fsp3) is 0.250. The van der Waals surface area contributed by atoms with Crippen molar-refractivity contribution in [1.82, 2.24) is 4.90 Å². The van der Waals surface area contributed by atoms with Crippen LogP contribution in [0.3, 0.4) is 0 Å². The number of likely N-dealkylation sites (N-methyl/N-ethyl adjacent to an activating group) is 1. The maximum Gasteiger partial charge on any atom is 0.316 e. The van der Waals surface area contributed by atoms with E-state index >= 15 is 0 Å². The smallest absolute Gasteiger partial charge is 0.316 e. The molecule has 0 fully saturated rings. The lowest BCUT2D eigenvalue weighted by atomic mass is 10.2. The average Bonchev–Trinajstić information content (AvgIpc) is 2.67. The van der Waals surface area contributed by atoms with Crippen LogP contribution in [0.5, 0.6) is 0 Å². The molecule has 0 atom stereocenters. The molecule has 1 N–H and O–H groups in total. The Bertz CT molecular complexity index is 842. The van der Waals surface area contributed by atoms with Gasteiger partial charge in [-0.05, 0) is 31.2 Å². The van der Waals surface area contributed by atoms with Crippen LogP contribution in [0, 0.1) is 12.7 Å². The van der Waals surface area contributed by atoms with E-state index in [0.29, 0.717) is 10.6 Å². The number of nitrogens with one attached hydrogen (secondary N) is 1. The van der Waals surface area contributed by atoms with Crippen LogP contribution < -0.4 is 5.32 Å². The monoisotopic (exact) mass is 404 g/mol. The number of ether oxygens (including phenoxy) is 1. The van der Waals surface area contributed by atoms with Gasteiger partial charge in [0.05, 0.1) is 12.3 Å². The quantitative estimate of drug-likeness (QED) is 0.541. The van der Waals surface area contributed by atoms with Gasteiger partial charge in [-0.3, -0.25) is 14.4 Å². The summed E-state index contributed by atoms with van der Waals surface area (Å²) in [7, 11) is 1.44. The van der Waals surface area contributed by atoms with Gasteiger partial charge < -0.3 is 15.0 Å². The Hall–Kier alpha value is -2.87. The third kappa shape index (κ3) is 7.03. The first-order chi connectivity index (χ1) is 13.3. The number of carbonyl (C=O) groups is 3. The van der Waals surface area contributed by atoms with Gasteiger partial charge in [-0.25, -0.2) is 4.39 Å². The highest BCUT2D eigenvalue weighted by Gasteiger charge is 2.16. The van der Waals surface area contributed by atoms with Gasteiger partial charge in [-0.1, -0.05) is 29.8 Å². The first-order valence-corrected chi connectivity index (χ1v) is 9.47. The zero-order valence-corrected chi connectivity index (χ0v) is 16.4. The molecule has 0 bridgehead atoms. The molecule has 2 amide bonds. The topological polar surface area (TPSA) is 75.7 Å². The summed E-state index contributed by atoms with van der Waals surface area (Å²) in [5.74, 6) is -2.05. The fourth-order valence-electron chi connectivity index (χ4n) is 2.13. The van der Waals surface area contributed by atoms with Crippen LogP contribution in [-0.2, 0) is 19.1 Å². The number of aryl methyl sites for hydroxylation is 1. The summed E-state index contributed by atoms with van der Waals surface area (Å²) in [4.78, 5) is 37.2. The minimum Gasteiger partial charge on any atom is -0.455 e.